The Bertz CT molecular complexity index is 400. The predicted molar refractivity (Wildman–Crippen MR) is 71.5 cm³/mol. The lowest BCUT2D eigenvalue weighted by Crippen LogP contribution is -2.34. The molecule has 0 saturated heterocycles. The van der Waals surface area contributed by atoms with Gasteiger partial charge in [-0.15, -0.1) is 6.58 Å². The first-order chi connectivity index (χ1) is 8.60. The van der Waals surface area contributed by atoms with Gasteiger partial charge in [0, 0.05) is 12.7 Å². The lowest BCUT2D eigenvalue weighted by Gasteiger charge is -2.22. The number of carbonyl (C=O) groups excluding carboxylic acids is 1. The SMILES string of the molecule is C=CCCC(CO)C(=O)N(C)c1ccc(O)cc1. The van der Waals surface area contributed by atoms with E-state index in [4.69, 9.17) is 0 Å². The van der Waals surface area contributed by atoms with E-state index < -0.39 is 5.92 Å². The minimum absolute atomic E-state index is 0.134. The van der Waals surface area contributed by atoms with Gasteiger partial charge in [-0.3, -0.25) is 4.79 Å². The van der Waals surface area contributed by atoms with E-state index in [9.17, 15) is 15.0 Å². The highest BCUT2D eigenvalue weighted by Crippen LogP contribution is 2.20. The van der Waals surface area contributed by atoms with Crippen LogP contribution in [0, 0.1) is 5.92 Å². The van der Waals surface area contributed by atoms with Crippen LogP contribution in [-0.2, 0) is 4.79 Å². The largest absolute Gasteiger partial charge is 0.508 e. The van der Waals surface area contributed by atoms with E-state index in [0.717, 1.165) is 0 Å². The number of aliphatic hydroxyl groups excluding tert-OH is 1. The van der Waals surface area contributed by atoms with Crippen LogP contribution in [0.5, 0.6) is 5.75 Å². The van der Waals surface area contributed by atoms with Gasteiger partial charge in [0.25, 0.3) is 0 Å². The molecule has 0 spiro atoms. The second-order valence-corrected chi connectivity index (χ2v) is 4.16. The molecule has 1 amide bonds. The molecule has 2 N–H and O–H groups in total. The van der Waals surface area contributed by atoms with Crippen LogP contribution in [-0.4, -0.2) is 29.8 Å². The smallest absolute Gasteiger partial charge is 0.232 e. The fraction of sp³-hybridized carbons (Fsp3) is 0.357. The Labute approximate surface area is 107 Å². The van der Waals surface area contributed by atoms with Crippen LogP contribution in [0.15, 0.2) is 36.9 Å². The highest BCUT2D eigenvalue weighted by atomic mass is 16.3. The van der Waals surface area contributed by atoms with E-state index in [1.54, 1.807) is 25.3 Å². The van der Waals surface area contributed by atoms with E-state index in [1.807, 2.05) is 0 Å². The lowest BCUT2D eigenvalue weighted by atomic mass is 10.0. The second kappa shape index (κ2) is 6.81. The molecule has 0 fully saturated rings. The molecule has 0 aliphatic heterocycles. The van der Waals surface area contributed by atoms with Gasteiger partial charge >= 0.3 is 0 Å². The van der Waals surface area contributed by atoms with Crippen LogP contribution < -0.4 is 4.90 Å². The molecule has 1 aromatic rings. The quantitative estimate of drug-likeness (QED) is 0.757. The third kappa shape index (κ3) is 3.60. The topological polar surface area (TPSA) is 60.8 Å². The van der Waals surface area contributed by atoms with E-state index in [2.05, 4.69) is 6.58 Å². The van der Waals surface area contributed by atoms with Crippen LogP contribution in [0.3, 0.4) is 0 Å². The molecule has 0 radical (unpaired) electrons. The fourth-order valence-corrected chi connectivity index (χ4v) is 1.69. The Balaban J connectivity index is 2.75. The van der Waals surface area contributed by atoms with Crippen LogP contribution >= 0.6 is 0 Å². The van der Waals surface area contributed by atoms with Crippen molar-refractivity contribution in [2.45, 2.75) is 12.8 Å². The maximum absolute atomic E-state index is 12.1. The first-order valence-electron chi connectivity index (χ1n) is 5.88. The summed E-state index contributed by atoms with van der Waals surface area (Å²) in [5.41, 5.74) is 0.690. The molecule has 0 aromatic heterocycles. The minimum Gasteiger partial charge on any atom is -0.508 e. The highest BCUT2D eigenvalue weighted by molar-refractivity contribution is 5.94. The number of phenolic OH excluding ortho intramolecular Hbond substituents is 1. The molecular weight excluding hydrogens is 230 g/mol. The fourth-order valence-electron chi connectivity index (χ4n) is 1.69. The maximum atomic E-state index is 12.1. The lowest BCUT2D eigenvalue weighted by molar-refractivity contribution is -0.123. The number of aliphatic hydroxyl groups is 1. The summed E-state index contributed by atoms with van der Waals surface area (Å²) in [6, 6.07) is 6.37. The second-order valence-electron chi connectivity index (χ2n) is 4.16. The van der Waals surface area contributed by atoms with E-state index in [0.29, 0.717) is 18.5 Å². The molecule has 98 valence electrons. The normalized spacial score (nSPS) is 11.9. The van der Waals surface area contributed by atoms with Crippen LogP contribution in [0.4, 0.5) is 5.69 Å². The maximum Gasteiger partial charge on any atom is 0.232 e. The predicted octanol–water partition coefficient (Wildman–Crippen LogP) is 1.93. The van der Waals surface area contributed by atoms with E-state index in [1.165, 1.54) is 17.0 Å². The number of hydrogen-bond donors (Lipinski definition) is 2. The zero-order valence-electron chi connectivity index (χ0n) is 10.5. The van der Waals surface area contributed by atoms with Gasteiger partial charge in [-0.1, -0.05) is 6.08 Å². The van der Waals surface area contributed by atoms with Gasteiger partial charge in [0.15, 0.2) is 0 Å². The Morgan fingerprint density at radius 1 is 1.44 bits per heavy atom. The molecule has 0 saturated carbocycles. The Kier molecular flexibility index (Phi) is 5.39. The van der Waals surface area contributed by atoms with Crippen molar-refractivity contribution in [3.8, 4) is 5.75 Å². The zero-order valence-corrected chi connectivity index (χ0v) is 10.5. The highest BCUT2D eigenvalue weighted by Gasteiger charge is 2.21. The summed E-state index contributed by atoms with van der Waals surface area (Å²) in [5.74, 6) is -0.392. The number of allylic oxidation sites excluding steroid dienone is 1. The van der Waals surface area contributed by atoms with Crippen molar-refractivity contribution in [3.05, 3.63) is 36.9 Å². The van der Waals surface area contributed by atoms with Crippen molar-refractivity contribution >= 4 is 11.6 Å². The molecule has 1 aromatic carbocycles. The number of anilines is 1. The summed E-state index contributed by atoms with van der Waals surface area (Å²) < 4.78 is 0. The van der Waals surface area contributed by atoms with Gasteiger partial charge in [0.05, 0.1) is 12.5 Å². The standard InChI is InChI=1S/C14H19NO3/c1-3-4-5-11(10-16)14(18)15(2)12-6-8-13(17)9-7-12/h3,6-9,11,16-17H,1,4-5,10H2,2H3. The molecule has 0 heterocycles. The zero-order chi connectivity index (χ0) is 13.5. The van der Waals surface area contributed by atoms with Crippen molar-refractivity contribution in [2.24, 2.45) is 5.92 Å². The molecule has 4 nitrogen and oxygen atoms in total. The summed E-state index contributed by atoms with van der Waals surface area (Å²) in [4.78, 5) is 13.6. The first kappa shape index (κ1) is 14.3. The summed E-state index contributed by atoms with van der Waals surface area (Å²) >= 11 is 0. The van der Waals surface area contributed by atoms with Gasteiger partial charge in [-0.2, -0.15) is 0 Å². The van der Waals surface area contributed by atoms with E-state index >= 15 is 0 Å². The molecular formula is C14H19NO3. The summed E-state index contributed by atoms with van der Waals surface area (Å²) in [7, 11) is 1.66. The Hall–Kier alpha value is -1.81. The summed E-state index contributed by atoms with van der Waals surface area (Å²) in [6.45, 7) is 3.43. The number of amides is 1. The van der Waals surface area contributed by atoms with E-state index in [-0.39, 0.29) is 18.3 Å². The number of benzene rings is 1. The van der Waals surface area contributed by atoms with Crippen molar-refractivity contribution in [3.63, 3.8) is 0 Å². The van der Waals surface area contributed by atoms with Gasteiger partial charge in [-0.05, 0) is 37.1 Å². The molecule has 1 atom stereocenters. The molecule has 0 aliphatic rings. The number of nitrogens with zero attached hydrogens (tertiary/aromatic N) is 1. The van der Waals surface area contributed by atoms with Crippen LogP contribution in [0.1, 0.15) is 12.8 Å². The van der Waals surface area contributed by atoms with Crippen molar-refractivity contribution < 1.29 is 15.0 Å². The summed E-state index contributed by atoms with van der Waals surface area (Å²) in [5, 5.41) is 18.4. The van der Waals surface area contributed by atoms with Crippen molar-refractivity contribution in [1.29, 1.82) is 0 Å². The third-order valence-corrected chi connectivity index (χ3v) is 2.86. The number of phenols is 1. The average molecular weight is 249 g/mol. The van der Waals surface area contributed by atoms with Gasteiger partial charge in [0.2, 0.25) is 5.91 Å². The average Bonchev–Trinajstić information content (AvgIpc) is 2.39. The van der Waals surface area contributed by atoms with Crippen molar-refractivity contribution in [1.82, 2.24) is 0 Å². The molecule has 1 rings (SSSR count). The first-order valence-corrected chi connectivity index (χ1v) is 5.88. The number of aromatic hydroxyl groups is 1. The molecule has 18 heavy (non-hydrogen) atoms. The van der Waals surface area contributed by atoms with Gasteiger partial charge in [0.1, 0.15) is 5.75 Å². The Morgan fingerprint density at radius 2 is 2.06 bits per heavy atom. The van der Waals surface area contributed by atoms with Crippen LogP contribution in [0.25, 0.3) is 0 Å². The Morgan fingerprint density at radius 3 is 2.56 bits per heavy atom. The minimum atomic E-state index is -0.415. The molecule has 0 bridgehead atoms. The number of hydrogen-bond acceptors (Lipinski definition) is 3. The van der Waals surface area contributed by atoms with Gasteiger partial charge < -0.3 is 15.1 Å². The number of carbonyl (C=O) groups is 1. The third-order valence-electron chi connectivity index (χ3n) is 2.86. The molecule has 0 aliphatic carbocycles. The molecule has 4 heteroatoms. The van der Waals surface area contributed by atoms with Crippen molar-refractivity contribution in [2.75, 3.05) is 18.6 Å². The molecule has 1 unspecified atom stereocenters. The van der Waals surface area contributed by atoms with Crippen LogP contribution in [0.2, 0.25) is 0 Å². The van der Waals surface area contributed by atoms with Gasteiger partial charge in [-0.25, -0.2) is 0 Å². The number of rotatable bonds is 6. The summed E-state index contributed by atoms with van der Waals surface area (Å²) in [6.07, 6.45) is 3.01. The monoisotopic (exact) mass is 249 g/mol.